The molecule has 0 aliphatic carbocycles. The van der Waals surface area contributed by atoms with Crippen molar-refractivity contribution < 1.29 is 9.59 Å². The SMILES string of the molecule is Cc1ccc(NC(=O)c2cc(Cl)ccc2NC(=O)C2=CCN(C(C)C)CC2)nc1. The second-order valence-corrected chi connectivity index (χ2v) is 7.82. The van der Waals surface area contributed by atoms with Crippen LogP contribution in [0.1, 0.15) is 36.2 Å². The van der Waals surface area contributed by atoms with Crippen LogP contribution >= 0.6 is 11.6 Å². The van der Waals surface area contributed by atoms with Gasteiger partial charge in [0.05, 0.1) is 11.3 Å². The van der Waals surface area contributed by atoms with Gasteiger partial charge in [0.15, 0.2) is 0 Å². The Hall–Kier alpha value is -2.70. The molecule has 0 unspecified atom stereocenters. The number of halogens is 1. The molecular formula is C22H25ClN4O2. The van der Waals surface area contributed by atoms with E-state index in [0.717, 1.165) is 24.2 Å². The number of carbonyl (C=O) groups is 2. The number of nitrogens with one attached hydrogen (secondary N) is 2. The Morgan fingerprint density at radius 1 is 1.14 bits per heavy atom. The Kier molecular flexibility index (Phi) is 6.67. The Bertz CT molecular complexity index is 938. The molecular weight excluding hydrogens is 388 g/mol. The zero-order valence-corrected chi connectivity index (χ0v) is 17.6. The van der Waals surface area contributed by atoms with Gasteiger partial charge in [0.1, 0.15) is 5.82 Å². The smallest absolute Gasteiger partial charge is 0.258 e. The van der Waals surface area contributed by atoms with E-state index in [1.165, 1.54) is 6.07 Å². The van der Waals surface area contributed by atoms with E-state index in [4.69, 9.17) is 11.6 Å². The molecule has 1 aliphatic heterocycles. The number of aromatic nitrogens is 1. The molecule has 3 rings (SSSR count). The Morgan fingerprint density at radius 2 is 1.93 bits per heavy atom. The predicted octanol–water partition coefficient (Wildman–Crippen LogP) is 4.27. The zero-order chi connectivity index (χ0) is 21.0. The topological polar surface area (TPSA) is 74.3 Å². The molecule has 152 valence electrons. The third-order valence-electron chi connectivity index (χ3n) is 4.89. The van der Waals surface area contributed by atoms with Crippen molar-refractivity contribution in [2.75, 3.05) is 23.7 Å². The van der Waals surface area contributed by atoms with Gasteiger partial charge >= 0.3 is 0 Å². The number of amides is 2. The third kappa shape index (κ3) is 5.43. The standard InChI is InChI=1S/C22H25ClN4O2/c1-14(2)27-10-8-16(9-11-27)21(28)25-19-6-5-17(23)12-18(19)22(29)26-20-7-4-15(3)13-24-20/h4-8,12-14H,9-11H2,1-3H3,(H,25,28)(H,24,26,29). The first-order chi connectivity index (χ1) is 13.8. The average molecular weight is 413 g/mol. The number of nitrogens with zero attached hydrogens (tertiary/aromatic N) is 2. The van der Waals surface area contributed by atoms with Crippen molar-refractivity contribution in [1.29, 1.82) is 0 Å². The van der Waals surface area contributed by atoms with E-state index in [2.05, 4.69) is 34.4 Å². The zero-order valence-electron chi connectivity index (χ0n) is 16.8. The van der Waals surface area contributed by atoms with Crippen molar-refractivity contribution in [3.05, 3.63) is 64.3 Å². The molecule has 0 saturated carbocycles. The summed E-state index contributed by atoms with van der Waals surface area (Å²) in [6.07, 6.45) is 4.30. The van der Waals surface area contributed by atoms with Crippen molar-refractivity contribution in [2.24, 2.45) is 0 Å². The van der Waals surface area contributed by atoms with E-state index in [1.807, 2.05) is 19.1 Å². The summed E-state index contributed by atoms with van der Waals surface area (Å²) >= 11 is 6.09. The van der Waals surface area contributed by atoms with Gasteiger partial charge in [-0.2, -0.15) is 0 Å². The average Bonchev–Trinajstić information content (AvgIpc) is 2.71. The number of aryl methyl sites for hydroxylation is 1. The third-order valence-corrected chi connectivity index (χ3v) is 5.13. The molecule has 29 heavy (non-hydrogen) atoms. The maximum atomic E-state index is 12.8. The van der Waals surface area contributed by atoms with Crippen molar-refractivity contribution in [1.82, 2.24) is 9.88 Å². The number of hydrogen-bond acceptors (Lipinski definition) is 4. The van der Waals surface area contributed by atoms with Crippen molar-refractivity contribution in [3.8, 4) is 0 Å². The van der Waals surface area contributed by atoms with Gasteiger partial charge in [-0.15, -0.1) is 0 Å². The Morgan fingerprint density at radius 3 is 2.55 bits per heavy atom. The minimum Gasteiger partial charge on any atom is -0.322 e. The summed E-state index contributed by atoms with van der Waals surface area (Å²) in [5.74, 6) is -0.150. The molecule has 6 nitrogen and oxygen atoms in total. The summed E-state index contributed by atoms with van der Waals surface area (Å²) in [5, 5.41) is 6.02. The maximum Gasteiger partial charge on any atom is 0.258 e. The van der Waals surface area contributed by atoms with Crippen molar-refractivity contribution in [2.45, 2.75) is 33.2 Å². The predicted molar refractivity (Wildman–Crippen MR) is 116 cm³/mol. The summed E-state index contributed by atoms with van der Waals surface area (Å²) in [5.41, 5.74) is 2.42. The van der Waals surface area contributed by atoms with Crippen molar-refractivity contribution in [3.63, 3.8) is 0 Å². The van der Waals surface area contributed by atoms with Crippen LogP contribution < -0.4 is 10.6 Å². The second kappa shape index (κ2) is 9.20. The van der Waals surface area contributed by atoms with Gasteiger partial charge in [0, 0.05) is 35.9 Å². The lowest BCUT2D eigenvalue weighted by Crippen LogP contribution is -2.36. The van der Waals surface area contributed by atoms with Crippen LogP contribution in [0.25, 0.3) is 0 Å². The number of carbonyl (C=O) groups excluding carboxylic acids is 2. The van der Waals surface area contributed by atoms with Crippen LogP contribution in [0.2, 0.25) is 5.02 Å². The quantitative estimate of drug-likeness (QED) is 0.768. The van der Waals surface area contributed by atoms with E-state index in [-0.39, 0.29) is 17.4 Å². The summed E-state index contributed by atoms with van der Waals surface area (Å²) in [6, 6.07) is 8.85. The lowest BCUT2D eigenvalue weighted by molar-refractivity contribution is -0.113. The second-order valence-electron chi connectivity index (χ2n) is 7.39. The van der Waals surface area contributed by atoms with Crippen LogP contribution in [0.4, 0.5) is 11.5 Å². The van der Waals surface area contributed by atoms with Gasteiger partial charge in [-0.25, -0.2) is 4.98 Å². The highest BCUT2D eigenvalue weighted by molar-refractivity contribution is 6.31. The van der Waals surface area contributed by atoms with Crippen LogP contribution in [0.5, 0.6) is 0 Å². The van der Waals surface area contributed by atoms with Crippen LogP contribution in [-0.2, 0) is 4.79 Å². The molecule has 0 saturated heterocycles. The molecule has 1 aliphatic rings. The number of anilines is 2. The molecule has 7 heteroatoms. The highest BCUT2D eigenvalue weighted by Gasteiger charge is 2.21. The summed E-state index contributed by atoms with van der Waals surface area (Å²) in [4.78, 5) is 32.0. The molecule has 2 heterocycles. The highest BCUT2D eigenvalue weighted by atomic mass is 35.5. The molecule has 1 aromatic heterocycles. The summed E-state index contributed by atoms with van der Waals surface area (Å²) < 4.78 is 0. The minimum absolute atomic E-state index is 0.196. The van der Waals surface area contributed by atoms with Crippen molar-refractivity contribution >= 4 is 34.9 Å². The Labute approximate surface area is 176 Å². The van der Waals surface area contributed by atoms with Crippen LogP contribution in [0, 0.1) is 6.92 Å². The van der Waals surface area contributed by atoms with Gasteiger partial charge in [-0.3, -0.25) is 14.5 Å². The monoisotopic (exact) mass is 412 g/mol. The highest BCUT2D eigenvalue weighted by Crippen LogP contribution is 2.23. The van der Waals surface area contributed by atoms with E-state index in [9.17, 15) is 9.59 Å². The molecule has 0 atom stereocenters. The molecule has 0 radical (unpaired) electrons. The molecule has 0 fully saturated rings. The van der Waals surface area contributed by atoms with Gasteiger partial charge in [-0.1, -0.05) is 23.7 Å². The van der Waals surface area contributed by atoms with Crippen LogP contribution in [-0.4, -0.2) is 40.8 Å². The van der Waals surface area contributed by atoms with E-state index in [1.54, 1.807) is 24.4 Å². The molecule has 1 aromatic carbocycles. The number of benzene rings is 1. The number of rotatable bonds is 5. The Balaban J connectivity index is 1.75. The summed E-state index contributed by atoms with van der Waals surface area (Å²) in [6.45, 7) is 7.78. The van der Waals surface area contributed by atoms with Crippen LogP contribution in [0.15, 0.2) is 48.2 Å². The largest absolute Gasteiger partial charge is 0.322 e. The fraction of sp³-hybridized carbons (Fsp3) is 0.318. The molecule has 0 spiro atoms. The first kappa shape index (κ1) is 21.0. The fourth-order valence-electron chi connectivity index (χ4n) is 3.10. The lowest BCUT2D eigenvalue weighted by Gasteiger charge is -2.29. The fourth-order valence-corrected chi connectivity index (χ4v) is 3.27. The summed E-state index contributed by atoms with van der Waals surface area (Å²) in [7, 11) is 0. The van der Waals surface area contributed by atoms with Gasteiger partial charge < -0.3 is 10.6 Å². The van der Waals surface area contributed by atoms with E-state index >= 15 is 0 Å². The van der Waals surface area contributed by atoms with Gasteiger partial charge in [0.2, 0.25) is 0 Å². The maximum absolute atomic E-state index is 12.8. The minimum atomic E-state index is -0.386. The van der Waals surface area contributed by atoms with Crippen LogP contribution in [0.3, 0.4) is 0 Å². The molecule has 2 aromatic rings. The lowest BCUT2D eigenvalue weighted by atomic mass is 10.1. The van der Waals surface area contributed by atoms with Gasteiger partial charge in [-0.05, 0) is 57.0 Å². The number of hydrogen-bond donors (Lipinski definition) is 2. The first-order valence-corrected chi connectivity index (χ1v) is 9.99. The molecule has 2 amide bonds. The van der Waals surface area contributed by atoms with Gasteiger partial charge in [0.25, 0.3) is 11.8 Å². The molecule has 0 bridgehead atoms. The first-order valence-electron chi connectivity index (χ1n) is 9.61. The molecule has 2 N–H and O–H groups in total. The number of pyridine rings is 1. The normalized spacial score (nSPS) is 14.4. The van der Waals surface area contributed by atoms with E-state index < -0.39 is 0 Å². The van der Waals surface area contributed by atoms with E-state index in [0.29, 0.717) is 29.0 Å².